The van der Waals surface area contributed by atoms with Crippen LogP contribution in [0, 0.1) is 6.92 Å². The van der Waals surface area contributed by atoms with Crippen molar-refractivity contribution in [3.05, 3.63) is 68.9 Å². The molecule has 2 aromatic carbocycles. The molecular formula is C27H32Cl3N5O2. The van der Waals surface area contributed by atoms with Crippen LogP contribution in [0.25, 0.3) is 5.69 Å². The third-order valence-electron chi connectivity index (χ3n) is 6.94. The zero-order chi connectivity index (χ0) is 25.2. The molecule has 2 aliphatic heterocycles. The monoisotopic (exact) mass is 563 g/mol. The van der Waals surface area contributed by atoms with Gasteiger partial charge in [-0.15, -0.1) is 0 Å². The van der Waals surface area contributed by atoms with Crippen LogP contribution in [0.15, 0.2) is 42.6 Å². The number of nitrogens with one attached hydrogen (secondary N) is 1. The number of aromatic nitrogens is 2. The van der Waals surface area contributed by atoms with Gasteiger partial charge in [-0.3, -0.25) is 9.69 Å². The Morgan fingerprint density at radius 1 is 1.00 bits per heavy atom. The molecule has 0 bridgehead atoms. The number of morpholine rings is 1. The standard InChI is InChI=1S/C26H28Cl3N5O2.CH4/c1-17-22(16-30-34(17)21-4-2-18(27)3-5-21)26(35)31-19-14-23(28)25(24(29)15-19)33-8-6-20(7-9-33)32-10-12-36-13-11-32;/h2-5,14-16,20H,6-13H2,1H3,(H,31,35);1H4. The zero-order valence-electron chi connectivity index (χ0n) is 20.0. The van der Waals surface area contributed by atoms with E-state index in [-0.39, 0.29) is 13.3 Å². The lowest BCUT2D eigenvalue weighted by Crippen LogP contribution is -2.49. The molecule has 0 aliphatic carbocycles. The van der Waals surface area contributed by atoms with Crippen molar-refractivity contribution in [2.24, 2.45) is 0 Å². The smallest absolute Gasteiger partial charge is 0.259 e. The van der Waals surface area contributed by atoms with Crippen molar-refractivity contribution in [1.82, 2.24) is 14.7 Å². The van der Waals surface area contributed by atoms with Crippen LogP contribution in [0.1, 0.15) is 36.3 Å². The summed E-state index contributed by atoms with van der Waals surface area (Å²) in [5.74, 6) is -0.279. The van der Waals surface area contributed by atoms with E-state index in [1.165, 1.54) is 0 Å². The van der Waals surface area contributed by atoms with Crippen molar-refractivity contribution in [3.8, 4) is 5.69 Å². The van der Waals surface area contributed by atoms with Crippen LogP contribution >= 0.6 is 34.8 Å². The van der Waals surface area contributed by atoms with E-state index < -0.39 is 0 Å². The molecule has 1 amide bonds. The predicted molar refractivity (Wildman–Crippen MR) is 152 cm³/mol. The van der Waals surface area contributed by atoms with Gasteiger partial charge in [-0.2, -0.15) is 5.10 Å². The molecule has 0 unspecified atom stereocenters. The molecule has 1 aromatic heterocycles. The number of carbonyl (C=O) groups excluding carboxylic acids is 1. The maximum Gasteiger partial charge on any atom is 0.259 e. The summed E-state index contributed by atoms with van der Waals surface area (Å²) in [6.07, 6.45) is 3.67. The van der Waals surface area contributed by atoms with Crippen LogP contribution in [0.5, 0.6) is 0 Å². The minimum Gasteiger partial charge on any atom is -0.379 e. The van der Waals surface area contributed by atoms with Crippen LogP contribution in [0.4, 0.5) is 11.4 Å². The Morgan fingerprint density at radius 2 is 1.62 bits per heavy atom. The lowest BCUT2D eigenvalue weighted by Gasteiger charge is -2.41. The number of carbonyl (C=O) groups is 1. The second kappa shape index (κ2) is 12.0. The first-order chi connectivity index (χ1) is 17.4. The van der Waals surface area contributed by atoms with E-state index in [2.05, 4.69) is 20.2 Å². The Hall–Kier alpha value is -2.29. The number of halogens is 3. The normalized spacial score (nSPS) is 16.9. The fraction of sp³-hybridized carbons (Fsp3) is 0.407. The molecule has 0 atom stereocenters. The Morgan fingerprint density at radius 3 is 2.24 bits per heavy atom. The second-order valence-corrected chi connectivity index (χ2v) is 10.4. The number of amides is 1. The molecule has 198 valence electrons. The van der Waals surface area contributed by atoms with Crippen LogP contribution < -0.4 is 10.2 Å². The quantitative estimate of drug-likeness (QED) is 0.392. The summed E-state index contributed by atoms with van der Waals surface area (Å²) < 4.78 is 7.19. The molecule has 2 saturated heterocycles. The summed E-state index contributed by atoms with van der Waals surface area (Å²) in [6, 6.07) is 11.4. The Bertz CT molecular complexity index is 1210. The Balaban J connectivity index is 0.00000320. The van der Waals surface area contributed by atoms with E-state index in [0.29, 0.717) is 38.1 Å². The Kier molecular flexibility index (Phi) is 9.03. The highest BCUT2D eigenvalue weighted by Gasteiger charge is 2.28. The van der Waals surface area contributed by atoms with Gasteiger partial charge in [0, 0.05) is 42.9 Å². The minimum atomic E-state index is -0.279. The maximum absolute atomic E-state index is 13.0. The average Bonchev–Trinajstić information content (AvgIpc) is 3.26. The first-order valence-corrected chi connectivity index (χ1v) is 13.2. The summed E-state index contributed by atoms with van der Waals surface area (Å²) in [5, 5.41) is 8.98. The molecular weight excluding hydrogens is 533 g/mol. The first-order valence-electron chi connectivity index (χ1n) is 12.1. The van der Waals surface area contributed by atoms with Gasteiger partial charge in [-0.25, -0.2) is 4.68 Å². The highest BCUT2D eigenvalue weighted by Crippen LogP contribution is 2.38. The molecule has 1 N–H and O–H groups in total. The molecule has 0 spiro atoms. The first kappa shape index (κ1) is 27.7. The Labute approximate surface area is 233 Å². The molecule has 0 saturated carbocycles. The van der Waals surface area contributed by atoms with Crippen LogP contribution in [-0.2, 0) is 4.74 Å². The average molecular weight is 565 g/mol. The van der Waals surface area contributed by atoms with Crippen molar-refractivity contribution in [3.63, 3.8) is 0 Å². The van der Waals surface area contributed by atoms with E-state index in [1.54, 1.807) is 35.1 Å². The van der Waals surface area contributed by atoms with E-state index in [0.717, 1.165) is 63.6 Å². The number of nitrogens with zero attached hydrogens (tertiary/aromatic N) is 4. The molecule has 3 heterocycles. The number of hydrogen-bond acceptors (Lipinski definition) is 5. The fourth-order valence-corrected chi connectivity index (χ4v) is 5.86. The van der Waals surface area contributed by atoms with Crippen molar-refractivity contribution in [2.45, 2.75) is 33.2 Å². The number of ether oxygens (including phenoxy) is 1. The highest BCUT2D eigenvalue weighted by atomic mass is 35.5. The van der Waals surface area contributed by atoms with E-state index in [4.69, 9.17) is 39.5 Å². The summed E-state index contributed by atoms with van der Waals surface area (Å²) >= 11 is 19.3. The number of hydrogen-bond donors (Lipinski definition) is 1. The predicted octanol–water partition coefficient (Wildman–Crippen LogP) is 6.33. The number of benzene rings is 2. The minimum absolute atomic E-state index is 0. The fourth-order valence-electron chi connectivity index (χ4n) is 5.01. The van der Waals surface area contributed by atoms with Gasteiger partial charge in [0.1, 0.15) is 0 Å². The largest absolute Gasteiger partial charge is 0.379 e. The van der Waals surface area contributed by atoms with E-state index in [9.17, 15) is 4.79 Å². The zero-order valence-corrected chi connectivity index (χ0v) is 22.3. The lowest BCUT2D eigenvalue weighted by atomic mass is 10.0. The van der Waals surface area contributed by atoms with E-state index >= 15 is 0 Å². The lowest BCUT2D eigenvalue weighted by molar-refractivity contribution is 0.0115. The number of anilines is 2. The third-order valence-corrected chi connectivity index (χ3v) is 7.77. The molecule has 2 fully saturated rings. The van der Waals surface area contributed by atoms with Gasteiger partial charge in [0.15, 0.2) is 0 Å². The molecule has 37 heavy (non-hydrogen) atoms. The third kappa shape index (κ3) is 6.07. The molecule has 0 radical (unpaired) electrons. The van der Waals surface area contributed by atoms with Crippen molar-refractivity contribution < 1.29 is 9.53 Å². The number of piperidine rings is 1. The second-order valence-electron chi connectivity index (χ2n) is 9.14. The van der Waals surface area contributed by atoms with Gasteiger partial charge < -0.3 is 15.0 Å². The van der Waals surface area contributed by atoms with Gasteiger partial charge in [0.2, 0.25) is 0 Å². The maximum atomic E-state index is 13.0. The SMILES string of the molecule is C.Cc1c(C(=O)Nc2cc(Cl)c(N3CCC(N4CCOCC4)CC3)c(Cl)c2)cnn1-c1ccc(Cl)cc1. The molecule has 10 heteroatoms. The summed E-state index contributed by atoms with van der Waals surface area (Å²) in [7, 11) is 0. The summed E-state index contributed by atoms with van der Waals surface area (Å²) in [5.41, 5.74) is 3.37. The summed E-state index contributed by atoms with van der Waals surface area (Å²) in [6.45, 7) is 7.24. The van der Waals surface area contributed by atoms with Gasteiger partial charge in [0.25, 0.3) is 5.91 Å². The van der Waals surface area contributed by atoms with Crippen LogP contribution in [0.2, 0.25) is 15.1 Å². The topological polar surface area (TPSA) is 62.6 Å². The highest BCUT2D eigenvalue weighted by molar-refractivity contribution is 6.39. The van der Waals surface area contributed by atoms with Crippen LogP contribution in [0.3, 0.4) is 0 Å². The molecule has 2 aliphatic rings. The van der Waals surface area contributed by atoms with Crippen LogP contribution in [-0.4, -0.2) is 66.0 Å². The van der Waals surface area contributed by atoms with Gasteiger partial charge in [-0.05, 0) is 56.2 Å². The summed E-state index contributed by atoms with van der Waals surface area (Å²) in [4.78, 5) is 17.8. The van der Waals surface area contributed by atoms with Crippen molar-refractivity contribution >= 4 is 52.1 Å². The van der Waals surface area contributed by atoms with E-state index in [1.807, 2.05) is 19.1 Å². The van der Waals surface area contributed by atoms with Gasteiger partial charge >= 0.3 is 0 Å². The number of rotatable bonds is 5. The van der Waals surface area contributed by atoms with Gasteiger partial charge in [-0.1, -0.05) is 42.2 Å². The molecule has 5 rings (SSSR count). The van der Waals surface area contributed by atoms with Crippen molar-refractivity contribution in [2.75, 3.05) is 49.6 Å². The molecule has 7 nitrogen and oxygen atoms in total. The van der Waals surface area contributed by atoms with Gasteiger partial charge in [0.05, 0.1) is 52.1 Å². The molecule has 3 aromatic rings. The van der Waals surface area contributed by atoms with Crippen molar-refractivity contribution in [1.29, 1.82) is 0 Å².